The molecule has 1 atom stereocenters. The largest absolute Gasteiger partial charge is 0.370 e. The summed E-state index contributed by atoms with van der Waals surface area (Å²) in [5.74, 6) is 0.313. The molecule has 2 amide bonds. The number of nitrogens with two attached hydrogens (primary N) is 1. The van der Waals surface area contributed by atoms with Crippen molar-refractivity contribution in [1.29, 1.82) is 0 Å². The number of nitrogens with one attached hydrogen (secondary N) is 1. The number of anilines is 1. The summed E-state index contributed by atoms with van der Waals surface area (Å²) >= 11 is 1.39. The Bertz CT molecular complexity index is 1390. The average Bonchev–Trinajstić information content (AvgIpc) is 3.51. The molecule has 176 valence electrons. The third-order valence-corrected chi connectivity index (χ3v) is 7.31. The standard InChI is InChI=1S/C25H28N6O2S/c1-3-30-20-7-5-4-6-18(20)19-14-16(8-11-21(19)30)27-24(33)15(2)34-25-29-28-23(13-12-22(26)32)31(25)17-9-10-17/h4-8,11,14-15,17H,3,9-10,12-13H2,1-2H3,(H2,26,32)(H,27,33)/t15-/m1/s1. The van der Waals surface area contributed by atoms with E-state index < -0.39 is 0 Å². The van der Waals surface area contributed by atoms with Gasteiger partial charge in [-0.1, -0.05) is 30.0 Å². The lowest BCUT2D eigenvalue weighted by Gasteiger charge is -2.13. The number of amides is 2. The Morgan fingerprint density at radius 2 is 1.91 bits per heavy atom. The van der Waals surface area contributed by atoms with Gasteiger partial charge in [-0.05, 0) is 51.0 Å². The van der Waals surface area contributed by atoms with Gasteiger partial charge in [0.2, 0.25) is 11.8 Å². The molecule has 4 aromatic rings. The van der Waals surface area contributed by atoms with Crippen LogP contribution in [0.2, 0.25) is 0 Å². The number of para-hydroxylation sites is 1. The predicted molar refractivity (Wildman–Crippen MR) is 135 cm³/mol. The summed E-state index contributed by atoms with van der Waals surface area (Å²) in [6.07, 6.45) is 2.82. The molecule has 5 rings (SSSR count). The van der Waals surface area contributed by atoms with Crippen LogP contribution in [-0.2, 0) is 22.6 Å². The molecular formula is C25H28N6O2S. The van der Waals surface area contributed by atoms with Crippen LogP contribution in [-0.4, -0.2) is 36.4 Å². The van der Waals surface area contributed by atoms with Crippen LogP contribution in [0, 0.1) is 0 Å². The number of hydrogen-bond donors (Lipinski definition) is 2. The van der Waals surface area contributed by atoms with E-state index in [2.05, 4.69) is 55.8 Å². The Labute approximate surface area is 201 Å². The van der Waals surface area contributed by atoms with Gasteiger partial charge in [0.25, 0.3) is 0 Å². The molecule has 34 heavy (non-hydrogen) atoms. The van der Waals surface area contributed by atoms with Crippen LogP contribution in [0.15, 0.2) is 47.6 Å². The zero-order chi connectivity index (χ0) is 23.8. The van der Waals surface area contributed by atoms with Crippen LogP contribution in [0.5, 0.6) is 0 Å². The zero-order valence-electron chi connectivity index (χ0n) is 19.3. The van der Waals surface area contributed by atoms with Gasteiger partial charge in [0.15, 0.2) is 5.16 Å². The Balaban J connectivity index is 1.34. The van der Waals surface area contributed by atoms with Crippen molar-refractivity contribution in [2.45, 2.75) is 62.5 Å². The first-order chi connectivity index (χ1) is 16.5. The Morgan fingerprint density at radius 3 is 2.65 bits per heavy atom. The first-order valence-electron chi connectivity index (χ1n) is 11.7. The van der Waals surface area contributed by atoms with Gasteiger partial charge < -0.3 is 20.2 Å². The third-order valence-electron chi connectivity index (χ3n) is 6.25. The maximum atomic E-state index is 13.0. The molecule has 0 saturated heterocycles. The number of thioether (sulfide) groups is 1. The first kappa shape index (κ1) is 22.5. The second kappa shape index (κ2) is 9.13. The first-order valence-corrected chi connectivity index (χ1v) is 12.5. The van der Waals surface area contributed by atoms with Gasteiger partial charge in [-0.2, -0.15) is 0 Å². The number of aromatic nitrogens is 4. The number of nitrogens with zero attached hydrogens (tertiary/aromatic N) is 4. The number of fused-ring (bicyclic) bond motifs is 3. The molecule has 3 N–H and O–H groups in total. The molecule has 0 radical (unpaired) electrons. The van der Waals surface area contributed by atoms with Gasteiger partial charge in [-0.15, -0.1) is 10.2 Å². The van der Waals surface area contributed by atoms with Crippen LogP contribution in [0.1, 0.15) is 45.0 Å². The minimum absolute atomic E-state index is 0.0902. The van der Waals surface area contributed by atoms with Gasteiger partial charge >= 0.3 is 0 Å². The normalized spacial score (nSPS) is 14.5. The van der Waals surface area contributed by atoms with Gasteiger partial charge in [-0.25, -0.2) is 0 Å². The van der Waals surface area contributed by atoms with Crippen molar-refractivity contribution in [2.75, 3.05) is 5.32 Å². The molecule has 9 heteroatoms. The fraction of sp³-hybridized carbons (Fsp3) is 0.360. The van der Waals surface area contributed by atoms with E-state index in [1.807, 2.05) is 25.1 Å². The van der Waals surface area contributed by atoms with Crippen molar-refractivity contribution in [3.8, 4) is 0 Å². The summed E-state index contributed by atoms with van der Waals surface area (Å²) in [5, 5.41) is 14.3. The summed E-state index contributed by atoms with van der Waals surface area (Å²) in [5.41, 5.74) is 8.43. The Kier molecular flexibility index (Phi) is 6.03. The van der Waals surface area contributed by atoms with Gasteiger partial charge in [0.05, 0.1) is 5.25 Å². The van der Waals surface area contributed by atoms with Gasteiger partial charge in [0, 0.05) is 52.9 Å². The van der Waals surface area contributed by atoms with Crippen molar-refractivity contribution >= 4 is 51.1 Å². The maximum Gasteiger partial charge on any atom is 0.237 e. The molecule has 2 aromatic heterocycles. The molecule has 1 fully saturated rings. The highest BCUT2D eigenvalue weighted by Gasteiger charge is 2.31. The summed E-state index contributed by atoms with van der Waals surface area (Å²) in [6, 6.07) is 14.8. The van der Waals surface area contributed by atoms with Crippen LogP contribution < -0.4 is 11.1 Å². The number of primary amides is 1. The topological polar surface area (TPSA) is 108 Å². The number of rotatable bonds is 9. The minimum Gasteiger partial charge on any atom is -0.370 e. The predicted octanol–water partition coefficient (Wildman–Crippen LogP) is 4.28. The maximum absolute atomic E-state index is 13.0. The van der Waals surface area contributed by atoms with Crippen molar-refractivity contribution < 1.29 is 9.59 Å². The molecule has 0 aliphatic heterocycles. The molecule has 1 aliphatic rings. The van der Waals surface area contributed by atoms with Crippen molar-refractivity contribution in [3.05, 3.63) is 48.3 Å². The molecule has 0 spiro atoms. The Morgan fingerprint density at radius 1 is 1.15 bits per heavy atom. The van der Waals surface area contributed by atoms with E-state index >= 15 is 0 Å². The van der Waals surface area contributed by atoms with Crippen LogP contribution >= 0.6 is 11.8 Å². The lowest BCUT2D eigenvalue weighted by atomic mass is 10.1. The molecule has 8 nitrogen and oxygen atoms in total. The quantitative estimate of drug-likeness (QED) is 0.351. The summed E-state index contributed by atoms with van der Waals surface area (Å²) in [6.45, 7) is 4.89. The molecule has 1 saturated carbocycles. The van der Waals surface area contributed by atoms with Gasteiger partial charge in [0.1, 0.15) is 5.82 Å². The molecule has 0 bridgehead atoms. The van der Waals surface area contributed by atoms with Crippen molar-refractivity contribution in [1.82, 2.24) is 19.3 Å². The number of benzene rings is 2. The fourth-order valence-electron chi connectivity index (χ4n) is 4.42. The second-order valence-corrected chi connectivity index (χ2v) is 10.0. The van der Waals surface area contributed by atoms with E-state index in [0.29, 0.717) is 17.6 Å². The van der Waals surface area contributed by atoms with E-state index in [1.165, 1.54) is 22.7 Å². The van der Waals surface area contributed by atoms with Crippen LogP contribution in [0.25, 0.3) is 21.8 Å². The third kappa shape index (κ3) is 4.27. The monoisotopic (exact) mass is 476 g/mol. The van der Waals surface area contributed by atoms with Crippen LogP contribution in [0.4, 0.5) is 5.69 Å². The molecular weight excluding hydrogens is 448 g/mol. The number of hydrogen-bond acceptors (Lipinski definition) is 5. The minimum atomic E-state index is -0.363. The van der Waals surface area contributed by atoms with E-state index in [4.69, 9.17) is 5.73 Å². The second-order valence-electron chi connectivity index (χ2n) is 8.71. The fourth-order valence-corrected chi connectivity index (χ4v) is 5.36. The van der Waals surface area contributed by atoms with E-state index in [-0.39, 0.29) is 23.5 Å². The molecule has 0 unspecified atom stereocenters. The highest BCUT2D eigenvalue weighted by atomic mass is 32.2. The lowest BCUT2D eigenvalue weighted by Crippen LogP contribution is -2.23. The zero-order valence-corrected chi connectivity index (χ0v) is 20.1. The number of carbonyl (C=O) groups excluding carboxylic acids is 2. The van der Waals surface area contributed by atoms with Gasteiger partial charge in [-0.3, -0.25) is 9.59 Å². The molecule has 2 aromatic carbocycles. The summed E-state index contributed by atoms with van der Waals surface area (Å²) < 4.78 is 4.36. The summed E-state index contributed by atoms with van der Waals surface area (Å²) in [7, 11) is 0. The van der Waals surface area contributed by atoms with E-state index in [1.54, 1.807) is 0 Å². The van der Waals surface area contributed by atoms with E-state index in [0.717, 1.165) is 41.8 Å². The number of carbonyl (C=O) groups is 2. The molecule has 2 heterocycles. The number of aryl methyl sites for hydroxylation is 2. The highest BCUT2D eigenvalue weighted by molar-refractivity contribution is 8.00. The highest BCUT2D eigenvalue weighted by Crippen LogP contribution is 2.40. The van der Waals surface area contributed by atoms with Crippen LogP contribution in [0.3, 0.4) is 0 Å². The lowest BCUT2D eigenvalue weighted by molar-refractivity contribution is -0.118. The SMILES string of the molecule is CCn1c2ccccc2c2cc(NC(=O)[C@@H](C)Sc3nnc(CCC(N)=O)n3C3CC3)ccc21. The smallest absolute Gasteiger partial charge is 0.237 e. The van der Waals surface area contributed by atoms with E-state index in [9.17, 15) is 9.59 Å². The summed E-state index contributed by atoms with van der Waals surface area (Å²) in [4.78, 5) is 24.2. The Hall–Kier alpha value is -3.33. The van der Waals surface area contributed by atoms with Crippen molar-refractivity contribution in [2.24, 2.45) is 5.73 Å². The average molecular weight is 477 g/mol. The molecule has 1 aliphatic carbocycles. The van der Waals surface area contributed by atoms with Crippen molar-refractivity contribution in [3.63, 3.8) is 0 Å².